The first-order valence-corrected chi connectivity index (χ1v) is 10.2. The molecule has 0 aliphatic heterocycles. The fraction of sp³-hybridized carbons (Fsp3) is 0.292. The highest BCUT2D eigenvalue weighted by atomic mass is 16.5. The van der Waals surface area contributed by atoms with Gasteiger partial charge in [0.2, 0.25) is 5.88 Å². The predicted octanol–water partition coefficient (Wildman–Crippen LogP) is 4.32. The van der Waals surface area contributed by atoms with Gasteiger partial charge in [0.05, 0.1) is 18.8 Å². The van der Waals surface area contributed by atoms with Crippen LogP contribution in [0.5, 0.6) is 17.4 Å². The zero-order valence-electron chi connectivity index (χ0n) is 18.8. The van der Waals surface area contributed by atoms with Crippen molar-refractivity contribution >= 4 is 11.9 Å². The third kappa shape index (κ3) is 5.46. The van der Waals surface area contributed by atoms with Gasteiger partial charge < -0.3 is 24.5 Å². The zero-order chi connectivity index (χ0) is 23.3. The number of aryl methyl sites for hydroxylation is 1. The number of hydrogen-bond acceptors (Lipinski definition) is 6. The van der Waals surface area contributed by atoms with E-state index >= 15 is 0 Å². The molecule has 0 spiro atoms. The topological polar surface area (TPSA) is 103 Å². The standard InChI is InChI=1S/C24H27N3O5/c1-14(2)31-24(29)21-15(3)22(27-16(21)4)23(28)26-13-17-9-10-20(25-12-17)32-19-8-6-7-18(11-19)30-5/h6-12,14,27H,13H2,1-5H3,(H,26,28). The molecule has 168 valence electrons. The number of ether oxygens (including phenoxy) is 3. The Bertz CT molecular complexity index is 1100. The quantitative estimate of drug-likeness (QED) is 0.509. The fourth-order valence-electron chi connectivity index (χ4n) is 3.19. The highest BCUT2D eigenvalue weighted by molar-refractivity contribution is 6.00. The van der Waals surface area contributed by atoms with Crippen molar-refractivity contribution in [1.29, 1.82) is 0 Å². The largest absolute Gasteiger partial charge is 0.497 e. The number of rotatable bonds is 8. The highest BCUT2D eigenvalue weighted by Crippen LogP contribution is 2.24. The molecule has 0 atom stereocenters. The first-order valence-electron chi connectivity index (χ1n) is 10.2. The predicted molar refractivity (Wildman–Crippen MR) is 119 cm³/mol. The third-order valence-electron chi connectivity index (χ3n) is 4.73. The van der Waals surface area contributed by atoms with Crippen molar-refractivity contribution in [2.75, 3.05) is 7.11 Å². The summed E-state index contributed by atoms with van der Waals surface area (Å²) in [6, 6.07) is 10.8. The maximum absolute atomic E-state index is 12.7. The number of aromatic amines is 1. The Kier molecular flexibility index (Phi) is 7.14. The Labute approximate surface area is 186 Å². The van der Waals surface area contributed by atoms with E-state index in [1.807, 2.05) is 24.3 Å². The Morgan fingerprint density at radius 3 is 2.53 bits per heavy atom. The van der Waals surface area contributed by atoms with Gasteiger partial charge in [-0.1, -0.05) is 12.1 Å². The number of nitrogens with zero attached hydrogens (tertiary/aromatic N) is 1. The molecular weight excluding hydrogens is 410 g/mol. The van der Waals surface area contributed by atoms with Crippen LogP contribution < -0.4 is 14.8 Å². The number of carbonyl (C=O) groups is 2. The SMILES string of the molecule is COc1cccc(Oc2ccc(CNC(=O)c3[nH]c(C)c(C(=O)OC(C)C)c3C)cn2)c1. The minimum Gasteiger partial charge on any atom is -0.497 e. The van der Waals surface area contributed by atoms with Crippen LogP contribution in [0.4, 0.5) is 0 Å². The molecule has 0 aliphatic carbocycles. The lowest BCUT2D eigenvalue weighted by Crippen LogP contribution is -2.24. The number of esters is 1. The maximum atomic E-state index is 12.7. The Morgan fingerprint density at radius 2 is 1.88 bits per heavy atom. The molecule has 8 nitrogen and oxygen atoms in total. The van der Waals surface area contributed by atoms with E-state index in [4.69, 9.17) is 14.2 Å². The van der Waals surface area contributed by atoms with E-state index < -0.39 is 5.97 Å². The monoisotopic (exact) mass is 437 g/mol. The summed E-state index contributed by atoms with van der Waals surface area (Å²) >= 11 is 0. The van der Waals surface area contributed by atoms with E-state index in [1.54, 1.807) is 53.1 Å². The summed E-state index contributed by atoms with van der Waals surface area (Å²) in [5, 5.41) is 2.84. The van der Waals surface area contributed by atoms with Crippen molar-refractivity contribution in [3.63, 3.8) is 0 Å². The molecule has 0 fully saturated rings. The van der Waals surface area contributed by atoms with Gasteiger partial charge in [0.15, 0.2) is 0 Å². The summed E-state index contributed by atoms with van der Waals surface area (Å²) in [5.74, 6) is 0.976. The van der Waals surface area contributed by atoms with Gasteiger partial charge in [-0.15, -0.1) is 0 Å². The Hall–Kier alpha value is -3.81. The molecule has 3 rings (SSSR count). The first-order chi connectivity index (χ1) is 15.3. The van der Waals surface area contributed by atoms with Gasteiger partial charge >= 0.3 is 5.97 Å². The minimum absolute atomic E-state index is 0.239. The Morgan fingerprint density at radius 1 is 1.12 bits per heavy atom. The van der Waals surface area contributed by atoms with E-state index in [0.717, 1.165) is 5.56 Å². The second-order valence-electron chi connectivity index (χ2n) is 7.55. The molecule has 2 heterocycles. The molecule has 32 heavy (non-hydrogen) atoms. The smallest absolute Gasteiger partial charge is 0.340 e. The third-order valence-corrected chi connectivity index (χ3v) is 4.73. The number of methoxy groups -OCH3 is 1. The van der Waals surface area contributed by atoms with Crippen LogP contribution in [0.1, 0.15) is 51.5 Å². The molecule has 0 unspecified atom stereocenters. The maximum Gasteiger partial charge on any atom is 0.340 e. The van der Waals surface area contributed by atoms with Crippen LogP contribution in [0.15, 0.2) is 42.6 Å². The van der Waals surface area contributed by atoms with Crippen LogP contribution in [0.25, 0.3) is 0 Å². The summed E-state index contributed by atoms with van der Waals surface area (Å²) in [6.45, 7) is 7.30. The molecule has 2 N–H and O–H groups in total. The molecule has 0 saturated carbocycles. The van der Waals surface area contributed by atoms with E-state index in [9.17, 15) is 9.59 Å². The van der Waals surface area contributed by atoms with Crippen LogP contribution in [-0.2, 0) is 11.3 Å². The van der Waals surface area contributed by atoms with E-state index in [0.29, 0.717) is 39.9 Å². The van der Waals surface area contributed by atoms with Crippen molar-refractivity contribution in [3.8, 4) is 17.4 Å². The number of amides is 1. The van der Waals surface area contributed by atoms with E-state index in [1.165, 1.54) is 0 Å². The minimum atomic E-state index is -0.443. The summed E-state index contributed by atoms with van der Waals surface area (Å²) in [5.41, 5.74) is 2.69. The van der Waals surface area contributed by atoms with E-state index in [2.05, 4.69) is 15.3 Å². The molecule has 3 aromatic rings. The molecule has 1 amide bonds. The van der Waals surface area contributed by atoms with Crippen LogP contribution >= 0.6 is 0 Å². The Balaban J connectivity index is 1.62. The van der Waals surface area contributed by atoms with Crippen LogP contribution in [0, 0.1) is 13.8 Å². The average molecular weight is 437 g/mol. The number of pyridine rings is 1. The number of aromatic nitrogens is 2. The van der Waals surface area contributed by atoms with Gasteiger partial charge in [-0.25, -0.2) is 9.78 Å². The molecule has 0 saturated heterocycles. The van der Waals surface area contributed by atoms with Gasteiger partial charge in [0.25, 0.3) is 5.91 Å². The van der Waals surface area contributed by atoms with Gasteiger partial charge in [0.1, 0.15) is 17.2 Å². The fourth-order valence-corrected chi connectivity index (χ4v) is 3.19. The van der Waals surface area contributed by atoms with Crippen LogP contribution in [-0.4, -0.2) is 35.1 Å². The molecular formula is C24H27N3O5. The van der Waals surface area contributed by atoms with Crippen LogP contribution in [0.3, 0.4) is 0 Å². The van der Waals surface area contributed by atoms with Gasteiger partial charge in [-0.3, -0.25) is 4.79 Å². The molecule has 8 heteroatoms. The van der Waals surface area contributed by atoms with Crippen molar-refractivity contribution in [1.82, 2.24) is 15.3 Å². The first kappa shape index (κ1) is 22.9. The number of hydrogen-bond donors (Lipinski definition) is 2. The molecule has 0 bridgehead atoms. The zero-order valence-corrected chi connectivity index (χ0v) is 18.8. The summed E-state index contributed by atoms with van der Waals surface area (Å²) in [7, 11) is 1.59. The summed E-state index contributed by atoms with van der Waals surface area (Å²) < 4.78 is 16.2. The lowest BCUT2D eigenvalue weighted by Gasteiger charge is -2.09. The number of H-pyrrole nitrogens is 1. The molecule has 0 aliphatic rings. The van der Waals surface area contributed by atoms with Gasteiger partial charge in [0, 0.05) is 30.6 Å². The summed E-state index contributed by atoms with van der Waals surface area (Å²) in [4.78, 5) is 32.2. The second-order valence-corrected chi connectivity index (χ2v) is 7.55. The lowest BCUT2D eigenvalue weighted by molar-refractivity contribution is 0.0376. The van der Waals surface area contributed by atoms with Gasteiger partial charge in [-0.05, 0) is 51.0 Å². The highest BCUT2D eigenvalue weighted by Gasteiger charge is 2.23. The lowest BCUT2D eigenvalue weighted by atomic mass is 10.1. The number of benzene rings is 1. The van der Waals surface area contributed by atoms with Crippen LogP contribution in [0.2, 0.25) is 0 Å². The van der Waals surface area contributed by atoms with E-state index in [-0.39, 0.29) is 18.6 Å². The molecule has 2 aromatic heterocycles. The average Bonchev–Trinajstić information content (AvgIpc) is 3.06. The normalized spacial score (nSPS) is 10.7. The van der Waals surface area contributed by atoms with Crippen molar-refractivity contribution in [2.24, 2.45) is 0 Å². The molecule has 0 radical (unpaired) electrons. The number of carbonyl (C=O) groups excluding carboxylic acids is 2. The summed E-state index contributed by atoms with van der Waals surface area (Å²) in [6.07, 6.45) is 1.39. The van der Waals surface area contributed by atoms with Crippen molar-refractivity contribution in [3.05, 3.63) is 70.7 Å². The second kappa shape index (κ2) is 10.00. The number of nitrogens with one attached hydrogen (secondary N) is 2. The van der Waals surface area contributed by atoms with Crippen molar-refractivity contribution < 1.29 is 23.8 Å². The molecule has 1 aromatic carbocycles. The van der Waals surface area contributed by atoms with Gasteiger partial charge in [-0.2, -0.15) is 0 Å². The van der Waals surface area contributed by atoms with Crippen molar-refractivity contribution in [2.45, 2.75) is 40.3 Å².